The molecule has 1 aliphatic rings. The normalized spacial score (nSPS) is 20.4. The minimum atomic E-state index is 0.206. The lowest BCUT2D eigenvalue weighted by molar-refractivity contribution is 0.590. The number of benzene rings is 1. The van der Waals surface area contributed by atoms with E-state index in [1.165, 1.54) is 11.3 Å². The van der Waals surface area contributed by atoms with Crippen molar-refractivity contribution < 1.29 is 0 Å². The zero-order valence-corrected chi connectivity index (χ0v) is 10.9. The lowest BCUT2D eigenvalue weighted by atomic mass is 9.87. The second-order valence-electron chi connectivity index (χ2n) is 5.86. The van der Waals surface area contributed by atoms with Gasteiger partial charge in [0.2, 0.25) is 0 Å². The molecule has 0 amide bonds. The monoisotopic (exact) mass is 228 g/mol. The SMILES string of the molecule is CC(C)(C)c1ccc(N2CCC(C#N)C2)cc1. The summed E-state index contributed by atoms with van der Waals surface area (Å²) in [7, 11) is 0. The van der Waals surface area contributed by atoms with Crippen molar-refractivity contribution in [2.24, 2.45) is 5.92 Å². The number of hydrogen-bond donors (Lipinski definition) is 0. The van der Waals surface area contributed by atoms with Crippen LogP contribution >= 0.6 is 0 Å². The molecule has 0 aromatic heterocycles. The molecule has 17 heavy (non-hydrogen) atoms. The minimum absolute atomic E-state index is 0.206. The Morgan fingerprint density at radius 3 is 2.35 bits per heavy atom. The first kappa shape index (κ1) is 12.0. The molecule has 1 atom stereocenters. The van der Waals surface area contributed by atoms with E-state index >= 15 is 0 Å². The standard InChI is InChI=1S/C15H20N2/c1-15(2,3)13-4-6-14(7-5-13)17-9-8-12(10-16)11-17/h4-7,12H,8-9,11H2,1-3H3. The predicted molar refractivity (Wildman–Crippen MR) is 71.1 cm³/mol. The maximum absolute atomic E-state index is 8.90. The van der Waals surface area contributed by atoms with Crippen molar-refractivity contribution in [3.8, 4) is 6.07 Å². The third kappa shape index (κ3) is 2.61. The van der Waals surface area contributed by atoms with Crippen molar-refractivity contribution in [2.45, 2.75) is 32.6 Å². The summed E-state index contributed by atoms with van der Waals surface area (Å²) in [5.41, 5.74) is 2.81. The van der Waals surface area contributed by atoms with E-state index in [4.69, 9.17) is 5.26 Å². The fourth-order valence-electron chi connectivity index (χ4n) is 2.27. The van der Waals surface area contributed by atoms with Gasteiger partial charge in [-0.25, -0.2) is 0 Å². The highest BCUT2D eigenvalue weighted by molar-refractivity contribution is 5.49. The molecule has 0 radical (unpaired) electrons. The van der Waals surface area contributed by atoms with Gasteiger partial charge in [-0.2, -0.15) is 5.26 Å². The van der Waals surface area contributed by atoms with Crippen molar-refractivity contribution in [1.29, 1.82) is 5.26 Å². The highest BCUT2D eigenvalue weighted by Gasteiger charge is 2.22. The molecule has 0 saturated carbocycles. The highest BCUT2D eigenvalue weighted by atomic mass is 15.1. The molecular formula is C15H20N2. The number of hydrogen-bond acceptors (Lipinski definition) is 2. The maximum atomic E-state index is 8.90. The zero-order valence-electron chi connectivity index (χ0n) is 10.9. The molecular weight excluding hydrogens is 208 g/mol. The van der Waals surface area contributed by atoms with E-state index in [9.17, 15) is 0 Å². The van der Waals surface area contributed by atoms with E-state index in [-0.39, 0.29) is 11.3 Å². The minimum Gasteiger partial charge on any atom is -0.370 e. The Labute approximate surface area is 104 Å². The van der Waals surface area contributed by atoms with Crippen LogP contribution < -0.4 is 4.90 Å². The molecule has 2 nitrogen and oxygen atoms in total. The molecule has 1 fully saturated rings. The number of rotatable bonds is 1. The fourth-order valence-corrected chi connectivity index (χ4v) is 2.27. The summed E-state index contributed by atoms with van der Waals surface area (Å²) in [6, 6.07) is 11.1. The van der Waals surface area contributed by atoms with E-state index in [2.05, 4.69) is 56.0 Å². The quantitative estimate of drug-likeness (QED) is 0.737. The van der Waals surface area contributed by atoms with Crippen LogP contribution in [0.15, 0.2) is 24.3 Å². The third-order valence-electron chi connectivity index (χ3n) is 3.47. The van der Waals surface area contributed by atoms with E-state index in [0.29, 0.717) is 0 Å². The van der Waals surface area contributed by atoms with Gasteiger partial charge in [-0.15, -0.1) is 0 Å². The van der Waals surface area contributed by atoms with Gasteiger partial charge in [-0.1, -0.05) is 32.9 Å². The first-order chi connectivity index (χ1) is 8.00. The van der Waals surface area contributed by atoms with Gasteiger partial charge in [-0.05, 0) is 29.5 Å². The average Bonchev–Trinajstić information content (AvgIpc) is 2.76. The van der Waals surface area contributed by atoms with E-state index in [1.807, 2.05) is 0 Å². The molecule has 0 spiro atoms. The maximum Gasteiger partial charge on any atom is 0.0675 e. The molecule has 2 heteroatoms. The van der Waals surface area contributed by atoms with Crippen LogP contribution in [0.1, 0.15) is 32.8 Å². The lowest BCUT2D eigenvalue weighted by Crippen LogP contribution is -2.19. The molecule has 90 valence electrons. The van der Waals surface area contributed by atoms with Gasteiger partial charge in [0.15, 0.2) is 0 Å². The second-order valence-corrected chi connectivity index (χ2v) is 5.86. The van der Waals surface area contributed by atoms with Gasteiger partial charge in [-0.3, -0.25) is 0 Å². The molecule has 2 rings (SSSR count). The molecule has 0 N–H and O–H groups in total. The highest BCUT2D eigenvalue weighted by Crippen LogP contribution is 2.27. The summed E-state index contributed by atoms with van der Waals surface area (Å²) in [5, 5.41) is 8.90. The van der Waals surface area contributed by atoms with Gasteiger partial charge in [0.25, 0.3) is 0 Å². The van der Waals surface area contributed by atoms with E-state index in [0.717, 1.165) is 19.5 Å². The van der Waals surface area contributed by atoms with E-state index < -0.39 is 0 Å². The predicted octanol–water partition coefficient (Wildman–Crippen LogP) is 3.33. The van der Waals surface area contributed by atoms with Crippen molar-refractivity contribution in [3.05, 3.63) is 29.8 Å². The Kier molecular flexibility index (Phi) is 3.11. The van der Waals surface area contributed by atoms with Crippen LogP contribution in [-0.4, -0.2) is 13.1 Å². The summed E-state index contributed by atoms with van der Waals surface area (Å²) < 4.78 is 0. The Bertz CT molecular complexity index is 420. The molecule has 1 saturated heterocycles. The number of nitriles is 1. The van der Waals surface area contributed by atoms with E-state index in [1.54, 1.807) is 0 Å². The van der Waals surface area contributed by atoms with Crippen LogP contribution in [0.5, 0.6) is 0 Å². The molecule has 1 aliphatic heterocycles. The molecule has 1 heterocycles. The number of nitrogens with zero attached hydrogens (tertiary/aromatic N) is 2. The second kappa shape index (κ2) is 4.41. The van der Waals surface area contributed by atoms with Gasteiger partial charge in [0.1, 0.15) is 0 Å². The Morgan fingerprint density at radius 2 is 1.88 bits per heavy atom. The van der Waals surface area contributed by atoms with Crippen LogP contribution in [0.2, 0.25) is 0 Å². The van der Waals surface area contributed by atoms with Crippen molar-refractivity contribution >= 4 is 5.69 Å². The van der Waals surface area contributed by atoms with Crippen LogP contribution in [0.3, 0.4) is 0 Å². The Morgan fingerprint density at radius 1 is 1.24 bits per heavy atom. The van der Waals surface area contributed by atoms with Crippen molar-refractivity contribution in [3.63, 3.8) is 0 Å². The molecule has 1 aromatic rings. The summed E-state index contributed by atoms with van der Waals surface area (Å²) >= 11 is 0. The van der Waals surface area contributed by atoms with Crippen LogP contribution in [0, 0.1) is 17.2 Å². The van der Waals surface area contributed by atoms with Crippen LogP contribution in [0.4, 0.5) is 5.69 Å². The largest absolute Gasteiger partial charge is 0.370 e. The first-order valence-corrected chi connectivity index (χ1v) is 6.26. The van der Waals surface area contributed by atoms with Gasteiger partial charge in [0, 0.05) is 18.8 Å². The summed E-state index contributed by atoms with van der Waals surface area (Å²) in [4.78, 5) is 2.31. The zero-order chi connectivity index (χ0) is 12.5. The molecule has 0 bridgehead atoms. The Hall–Kier alpha value is -1.49. The van der Waals surface area contributed by atoms with Crippen molar-refractivity contribution in [1.82, 2.24) is 0 Å². The summed E-state index contributed by atoms with van der Waals surface area (Å²) in [6.45, 7) is 8.56. The van der Waals surface area contributed by atoms with Gasteiger partial charge < -0.3 is 4.90 Å². The molecule has 1 aromatic carbocycles. The lowest BCUT2D eigenvalue weighted by Gasteiger charge is -2.22. The summed E-state index contributed by atoms with van der Waals surface area (Å²) in [5.74, 6) is 0.206. The summed E-state index contributed by atoms with van der Waals surface area (Å²) in [6.07, 6.45) is 0.998. The smallest absolute Gasteiger partial charge is 0.0675 e. The topological polar surface area (TPSA) is 27.0 Å². The van der Waals surface area contributed by atoms with Gasteiger partial charge in [0.05, 0.1) is 12.0 Å². The molecule has 1 unspecified atom stereocenters. The number of anilines is 1. The third-order valence-corrected chi connectivity index (χ3v) is 3.47. The van der Waals surface area contributed by atoms with Crippen LogP contribution in [0.25, 0.3) is 0 Å². The van der Waals surface area contributed by atoms with Crippen molar-refractivity contribution in [2.75, 3.05) is 18.0 Å². The fraction of sp³-hybridized carbons (Fsp3) is 0.533. The first-order valence-electron chi connectivity index (χ1n) is 6.26. The average molecular weight is 228 g/mol. The molecule has 0 aliphatic carbocycles. The van der Waals surface area contributed by atoms with Crippen LogP contribution in [-0.2, 0) is 5.41 Å². The Balaban J connectivity index is 2.12. The van der Waals surface area contributed by atoms with Gasteiger partial charge >= 0.3 is 0 Å².